The summed E-state index contributed by atoms with van der Waals surface area (Å²) in [5.41, 5.74) is 3.56. The number of nitrogens with zero attached hydrogens (tertiary/aromatic N) is 3. The van der Waals surface area contributed by atoms with Crippen LogP contribution in [0.1, 0.15) is 18.7 Å². The van der Waals surface area contributed by atoms with E-state index in [1.807, 2.05) is 24.0 Å². The molecular weight excluding hydrogens is 264 g/mol. The maximum absolute atomic E-state index is 5.39. The monoisotopic (exact) mass is 286 g/mol. The summed E-state index contributed by atoms with van der Waals surface area (Å²) >= 11 is 0. The Morgan fingerprint density at radius 1 is 1.14 bits per heavy atom. The molecule has 21 heavy (non-hydrogen) atoms. The van der Waals surface area contributed by atoms with Crippen LogP contribution in [-0.2, 0) is 11.8 Å². The maximum Gasteiger partial charge on any atom is 0.0653 e. The van der Waals surface area contributed by atoms with Crippen LogP contribution in [0.5, 0.6) is 0 Å². The number of hydrogen-bond donors (Lipinski definition) is 1. The molecule has 0 bridgehead atoms. The Bertz CT molecular complexity index is 572. The Hall–Kier alpha value is -2.01. The molecule has 5 nitrogen and oxygen atoms in total. The summed E-state index contributed by atoms with van der Waals surface area (Å²) in [6.07, 6.45) is 1.83. The minimum Gasteiger partial charge on any atom is -0.378 e. The number of anilines is 2. The van der Waals surface area contributed by atoms with Gasteiger partial charge in [0.15, 0.2) is 0 Å². The van der Waals surface area contributed by atoms with Crippen molar-refractivity contribution in [3.63, 3.8) is 0 Å². The zero-order valence-corrected chi connectivity index (χ0v) is 12.6. The highest BCUT2D eigenvalue weighted by Crippen LogP contribution is 2.22. The normalized spacial score (nSPS) is 16.8. The molecule has 1 saturated heterocycles. The lowest BCUT2D eigenvalue weighted by molar-refractivity contribution is 0.122. The molecule has 1 unspecified atom stereocenters. The molecule has 2 heterocycles. The SMILES string of the molecule is CC(Nc1ccc(N2CCOCC2)cc1)c1ccnn1C. The van der Waals surface area contributed by atoms with Gasteiger partial charge in [-0.1, -0.05) is 0 Å². The van der Waals surface area contributed by atoms with E-state index in [0.29, 0.717) is 0 Å². The summed E-state index contributed by atoms with van der Waals surface area (Å²) in [6.45, 7) is 5.72. The fourth-order valence-corrected chi connectivity index (χ4v) is 2.72. The number of hydrogen-bond acceptors (Lipinski definition) is 4. The molecule has 1 fully saturated rings. The van der Waals surface area contributed by atoms with E-state index in [1.54, 1.807) is 0 Å². The third-order valence-electron chi connectivity index (χ3n) is 3.93. The van der Waals surface area contributed by atoms with Crippen molar-refractivity contribution >= 4 is 11.4 Å². The van der Waals surface area contributed by atoms with Crippen LogP contribution >= 0.6 is 0 Å². The number of aromatic nitrogens is 2. The number of nitrogens with one attached hydrogen (secondary N) is 1. The van der Waals surface area contributed by atoms with Gasteiger partial charge < -0.3 is 15.0 Å². The van der Waals surface area contributed by atoms with Crippen molar-refractivity contribution in [2.45, 2.75) is 13.0 Å². The quantitative estimate of drug-likeness (QED) is 0.937. The summed E-state index contributed by atoms with van der Waals surface area (Å²) in [5.74, 6) is 0. The summed E-state index contributed by atoms with van der Waals surface area (Å²) < 4.78 is 7.29. The lowest BCUT2D eigenvalue weighted by Gasteiger charge is -2.29. The average molecular weight is 286 g/mol. The minimum atomic E-state index is 0.228. The predicted octanol–water partition coefficient (Wildman–Crippen LogP) is 2.43. The van der Waals surface area contributed by atoms with Gasteiger partial charge >= 0.3 is 0 Å². The third kappa shape index (κ3) is 3.19. The Kier molecular flexibility index (Phi) is 4.10. The fourth-order valence-electron chi connectivity index (χ4n) is 2.72. The molecule has 1 atom stereocenters. The van der Waals surface area contributed by atoms with Crippen LogP contribution in [0, 0.1) is 0 Å². The van der Waals surface area contributed by atoms with Crippen LogP contribution in [0.4, 0.5) is 11.4 Å². The van der Waals surface area contributed by atoms with Gasteiger partial charge in [0, 0.05) is 37.7 Å². The van der Waals surface area contributed by atoms with E-state index in [0.717, 1.165) is 32.0 Å². The van der Waals surface area contributed by atoms with Gasteiger partial charge in [0.25, 0.3) is 0 Å². The molecule has 1 N–H and O–H groups in total. The number of aryl methyl sites for hydroxylation is 1. The number of morpholine rings is 1. The van der Waals surface area contributed by atoms with Gasteiger partial charge in [-0.3, -0.25) is 4.68 Å². The molecule has 112 valence electrons. The lowest BCUT2D eigenvalue weighted by atomic mass is 10.2. The lowest BCUT2D eigenvalue weighted by Crippen LogP contribution is -2.36. The van der Waals surface area contributed by atoms with Crippen molar-refractivity contribution in [1.82, 2.24) is 9.78 Å². The third-order valence-corrected chi connectivity index (χ3v) is 3.93. The minimum absolute atomic E-state index is 0.228. The smallest absolute Gasteiger partial charge is 0.0653 e. The van der Waals surface area contributed by atoms with Crippen molar-refractivity contribution < 1.29 is 4.74 Å². The highest BCUT2D eigenvalue weighted by atomic mass is 16.5. The standard InChI is InChI=1S/C16H22N4O/c1-13(16-7-8-17-19(16)2)18-14-3-5-15(6-4-14)20-9-11-21-12-10-20/h3-8,13,18H,9-12H2,1-2H3. The summed E-state index contributed by atoms with van der Waals surface area (Å²) in [5, 5.41) is 7.72. The number of rotatable bonds is 4. The highest BCUT2D eigenvalue weighted by Gasteiger charge is 2.12. The van der Waals surface area contributed by atoms with Gasteiger partial charge in [-0.05, 0) is 37.3 Å². The van der Waals surface area contributed by atoms with Crippen molar-refractivity contribution in [3.8, 4) is 0 Å². The molecule has 2 aromatic rings. The zero-order chi connectivity index (χ0) is 14.7. The van der Waals surface area contributed by atoms with Crippen LogP contribution in [0.25, 0.3) is 0 Å². The van der Waals surface area contributed by atoms with E-state index >= 15 is 0 Å². The van der Waals surface area contributed by atoms with E-state index in [2.05, 4.69) is 46.5 Å². The van der Waals surface area contributed by atoms with Gasteiger partial charge in [0.2, 0.25) is 0 Å². The van der Waals surface area contributed by atoms with Gasteiger partial charge in [-0.25, -0.2) is 0 Å². The first kappa shape index (κ1) is 13.9. The maximum atomic E-state index is 5.39. The summed E-state index contributed by atoms with van der Waals surface area (Å²) in [6, 6.07) is 10.9. The van der Waals surface area contributed by atoms with E-state index < -0.39 is 0 Å². The summed E-state index contributed by atoms with van der Waals surface area (Å²) in [7, 11) is 1.97. The highest BCUT2D eigenvalue weighted by molar-refractivity contribution is 5.55. The molecule has 1 aliphatic rings. The van der Waals surface area contributed by atoms with Gasteiger partial charge in [-0.2, -0.15) is 5.10 Å². The second kappa shape index (κ2) is 6.18. The van der Waals surface area contributed by atoms with Crippen LogP contribution in [0.2, 0.25) is 0 Å². The first-order valence-electron chi connectivity index (χ1n) is 7.41. The van der Waals surface area contributed by atoms with E-state index in [9.17, 15) is 0 Å². The molecule has 3 rings (SSSR count). The molecule has 0 amide bonds. The Labute approximate surface area is 125 Å². The first-order valence-corrected chi connectivity index (χ1v) is 7.41. The molecular formula is C16H22N4O. The van der Waals surface area contributed by atoms with Crippen LogP contribution in [0.15, 0.2) is 36.5 Å². The van der Waals surface area contributed by atoms with Gasteiger partial charge in [0.1, 0.15) is 0 Å². The molecule has 0 radical (unpaired) electrons. The van der Waals surface area contributed by atoms with Crippen molar-refractivity contribution in [3.05, 3.63) is 42.2 Å². The van der Waals surface area contributed by atoms with Crippen molar-refractivity contribution in [1.29, 1.82) is 0 Å². The Morgan fingerprint density at radius 3 is 2.48 bits per heavy atom. The predicted molar refractivity (Wildman–Crippen MR) is 84.7 cm³/mol. The molecule has 5 heteroatoms. The molecule has 1 aliphatic heterocycles. The van der Waals surface area contributed by atoms with Crippen molar-refractivity contribution in [2.75, 3.05) is 36.5 Å². The number of ether oxygens (including phenoxy) is 1. The largest absolute Gasteiger partial charge is 0.378 e. The molecule has 0 spiro atoms. The number of benzene rings is 1. The topological polar surface area (TPSA) is 42.3 Å². The van der Waals surface area contributed by atoms with E-state index in [4.69, 9.17) is 4.74 Å². The van der Waals surface area contributed by atoms with Crippen LogP contribution < -0.4 is 10.2 Å². The zero-order valence-electron chi connectivity index (χ0n) is 12.6. The molecule has 1 aromatic carbocycles. The van der Waals surface area contributed by atoms with E-state index in [1.165, 1.54) is 11.4 Å². The Balaban J connectivity index is 1.65. The van der Waals surface area contributed by atoms with Crippen molar-refractivity contribution in [2.24, 2.45) is 7.05 Å². The van der Waals surface area contributed by atoms with Gasteiger partial charge in [-0.15, -0.1) is 0 Å². The van der Waals surface area contributed by atoms with Crippen LogP contribution in [-0.4, -0.2) is 36.1 Å². The van der Waals surface area contributed by atoms with E-state index in [-0.39, 0.29) is 6.04 Å². The molecule has 0 saturated carbocycles. The Morgan fingerprint density at radius 2 is 1.86 bits per heavy atom. The van der Waals surface area contributed by atoms with Crippen LogP contribution in [0.3, 0.4) is 0 Å². The summed E-state index contributed by atoms with van der Waals surface area (Å²) in [4.78, 5) is 2.36. The van der Waals surface area contributed by atoms with Gasteiger partial charge in [0.05, 0.1) is 24.9 Å². The second-order valence-electron chi connectivity index (χ2n) is 5.39. The molecule has 1 aromatic heterocycles. The second-order valence-corrected chi connectivity index (χ2v) is 5.39. The average Bonchev–Trinajstić information content (AvgIpc) is 2.95. The fraction of sp³-hybridized carbons (Fsp3) is 0.438. The first-order chi connectivity index (χ1) is 10.2. The molecule has 0 aliphatic carbocycles.